The second kappa shape index (κ2) is 4.23. The smallest absolute Gasteiger partial charge is 0.141 e. The van der Waals surface area contributed by atoms with Gasteiger partial charge in [0, 0.05) is 32.0 Å². The molecule has 0 unspecified atom stereocenters. The SMILES string of the molecule is CCc1nc(N2CC(CO)C2)c2ccsc2n1. The summed E-state index contributed by atoms with van der Waals surface area (Å²) in [5.41, 5.74) is 0. The molecule has 0 bridgehead atoms. The number of anilines is 1. The Morgan fingerprint density at radius 1 is 1.47 bits per heavy atom. The molecule has 0 amide bonds. The molecule has 0 aromatic carbocycles. The summed E-state index contributed by atoms with van der Waals surface area (Å²) in [5.74, 6) is 2.35. The minimum absolute atomic E-state index is 0.273. The lowest BCUT2D eigenvalue weighted by Gasteiger charge is -2.39. The number of aliphatic hydroxyl groups excluding tert-OH is 1. The van der Waals surface area contributed by atoms with Crippen molar-refractivity contribution in [3.8, 4) is 0 Å². The molecule has 1 saturated heterocycles. The number of aryl methyl sites for hydroxylation is 1. The van der Waals surface area contributed by atoms with E-state index in [9.17, 15) is 0 Å². The first-order valence-corrected chi connectivity index (χ1v) is 6.79. The highest BCUT2D eigenvalue weighted by atomic mass is 32.1. The monoisotopic (exact) mass is 249 g/mol. The quantitative estimate of drug-likeness (QED) is 0.899. The van der Waals surface area contributed by atoms with E-state index >= 15 is 0 Å². The second-order valence-electron chi connectivity index (χ2n) is 4.41. The number of thiophene rings is 1. The third-order valence-corrected chi connectivity index (χ3v) is 3.99. The Labute approximate surface area is 104 Å². The van der Waals surface area contributed by atoms with Crippen molar-refractivity contribution in [2.75, 3.05) is 24.6 Å². The molecule has 0 saturated carbocycles. The lowest BCUT2D eigenvalue weighted by atomic mass is 10.0. The van der Waals surface area contributed by atoms with Gasteiger partial charge in [0.15, 0.2) is 0 Å². The Morgan fingerprint density at radius 2 is 2.29 bits per heavy atom. The molecule has 1 fully saturated rings. The first kappa shape index (κ1) is 10.9. The predicted molar refractivity (Wildman–Crippen MR) is 69.6 cm³/mol. The van der Waals surface area contributed by atoms with Gasteiger partial charge in [-0.05, 0) is 11.4 Å². The molecule has 90 valence electrons. The van der Waals surface area contributed by atoms with Crippen LogP contribution in [0.5, 0.6) is 0 Å². The van der Waals surface area contributed by atoms with E-state index in [0.29, 0.717) is 5.92 Å². The molecular formula is C12H15N3OS. The third-order valence-electron chi connectivity index (χ3n) is 3.18. The van der Waals surface area contributed by atoms with Crippen LogP contribution in [0.4, 0.5) is 5.82 Å². The maximum Gasteiger partial charge on any atom is 0.141 e. The van der Waals surface area contributed by atoms with Crippen molar-refractivity contribution in [2.24, 2.45) is 5.92 Å². The number of hydrogen-bond acceptors (Lipinski definition) is 5. The van der Waals surface area contributed by atoms with Crippen LogP contribution in [0.1, 0.15) is 12.7 Å². The van der Waals surface area contributed by atoms with Gasteiger partial charge in [-0.3, -0.25) is 0 Å². The van der Waals surface area contributed by atoms with Crippen LogP contribution >= 0.6 is 11.3 Å². The van der Waals surface area contributed by atoms with Crippen molar-refractivity contribution < 1.29 is 5.11 Å². The first-order chi connectivity index (χ1) is 8.31. The van der Waals surface area contributed by atoms with E-state index in [1.807, 2.05) is 0 Å². The van der Waals surface area contributed by atoms with E-state index < -0.39 is 0 Å². The van der Waals surface area contributed by atoms with Crippen molar-refractivity contribution in [3.05, 3.63) is 17.3 Å². The molecule has 0 radical (unpaired) electrons. The molecule has 5 heteroatoms. The molecule has 1 N–H and O–H groups in total. The molecular weight excluding hydrogens is 234 g/mol. The van der Waals surface area contributed by atoms with E-state index in [1.54, 1.807) is 11.3 Å². The number of hydrogen-bond donors (Lipinski definition) is 1. The summed E-state index contributed by atoms with van der Waals surface area (Å²) in [6.07, 6.45) is 0.859. The van der Waals surface area contributed by atoms with E-state index in [-0.39, 0.29) is 6.61 Å². The summed E-state index contributed by atoms with van der Waals surface area (Å²) in [6, 6.07) is 2.08. The first-order valence-electron chi connectivity index (χ1n) is 5.91. The summed E-state index contributed by atoms with van der Waals surface area (Å²) in [5, 5.41) is 12.3. The molecule has 4 nitrogen and oxygen atoms in total. The Morgan fingerprint density at radius 3 is 3.00 bits per heavy atom. The summed E-state index contributed by atoms with van der Waals surface area (Å²) in [7, 11) is 0. The number of aliphatic hydroxyl groups is 1. The minimum atomic E-state index is 0.273. The normalized spacial score (nSPS) is 16.5. The number of rotatable bonds is 3. The second-order valence-corrected chi connectivity index (χ2v) is 5.30. The lowest BCUT2D eigenvalue weighted by Crippen LogP contribution is -2.49. The maximum absolute atomic E-state index is 9.07. The van der Waals surface area contributed by atoms with Gasteiger partial charge < -0.3 is 10.0 Å². The fraction of sp³-hybridized carbons (Fsp3) is 0.500. The summed E-state index contributed by atoms with van der Waals surface area (Å²) in [6.45, 7) is 4.16. The van der Waals surface area contributed by atoms with Crippen LogP contribution in [0.15, 0.2) is 11.4 Å². The van der Waals surface area contributed by atoms with Crippen molar-refractivity contribution in [2.45, 2.75) is 13.3 Å². The highest BCUT2D eigenvalue weighted by Crippen LogP contribution is 2.31. The molecule has 3 heterocycles. The number of nitrogens with zero attached hydrogens (tertiary/aromatic N) is 3. The van der Waals surface area contributed by atoms with Gasteiger partial charge >= 0.3 is 0 Å². The molecule has 1 aliphatic rings. The van der Waals surface area contributed by atoms with Crippen LogP contribution in [-0.4, -0.2) is 34.8 Å². The van der Waals surface area contributed by atoms with Crippen molar-refractivity contribution in [3.63, 3.8) is 0 Å². The fourth-order valence-electron chi connectivity index (χ4n) is 2.14. The van der Waals surface area contributed by atoms with Crippen molar-refractivity contribution in [1.29, 1.82) is 0 Å². The van der Waals surface area contributed by atoms with Crippen molar-refractivity contribution >= 4 is 27.4 Å². The topological polar surface area (TPSA) is 49.2 Å². The van der Waals surface area contributed by atoms with Crippen LogP contribution in [0.25, 0.3) is 10.2 Å². The highest BCUT2D eigenvalue weighted by Gasteiger charge is 2.28. The van der Waals surface area contributed by atoms with Gasteiger partial charge in [0.1, 0.15) is 16.5 Å². The van der Waals surface area contributed by atoms with Crippen LogP contribution in [0.2, 0.25) is 0 Å². The lowest BCUT2D eigenvalue weighted by molar-refractivity contribution is 0.200. The van der Waals surface area contributed by atoms with Gasteiger partial charge in [-0.15, -0.1) is 11.3 Å². The molecule has 17 heavy (non-hydrogen) atoms. The third kappa shape index (κ3) is 1.79. The predicted octanol–water partition coefficient (Wildman–Crippen LogP) is 1.68. The van der Waals surface area contributed by atoms with Crippen LogP contribution < -0.4 is 4.90 Å². The Kier molecular flexibility index (Phi) is 2.72. The maximum atomic E-state index is 9.07. The number of fused-ring (bicyclic) bond motifs is 1. The van der Waals surface area contributed by atoms with E-state index in [4.69, 9.17) is 5.11 Å². The van der Waals surface area contributed by atoms with Gasteiger partial charge in [0.2, 0.25) is 0 Å². The molecule has 2 aromatic rings. The zero-order chi connectivity index (χ0) is 11.8. The van der Waals surface area contributed by atoms with Gasteiger partial charge in [-0.1, -0.05) is 6.92 Å². The molecule has 0 spiro atoms. The molecule has 3 rings (SSSR count). The number of aromatic nitrogens is 2. The van der Waals surface area contributed by atoms with Gasteiger partial charge in [0.25, 0.3) is 0 Å². The molecule has 2 aromatic heterocycles. The minimum Gasteiger partial charge on any atom is -0.396 e. The Bertz CT molecular complexity index is 534. The van der Waals surface area contributed by atoms with E-state index in [1.165, 1.54) is 0 Å². The molecule has 0 atom stereocenters. The zero-order valence-corrected chi connectivity index (χ0v) is 10.6. The van der Waals surface area contributed by atoms with Crippen LogP contribution in [-0.2, 0) is 6.42 Å². The zero-order valence-electron chi connectivity index (χ0n) is 9.76. The average molecular weight is 249 g/mol. The largest absolute Gasteiger partial charge is 0.396 e. The van der Waals surface area contributed by atoms with Gasteiger partial charge in [0.05, 0.1) is 5.39 Å². The van der Waals surface area contributed by atoms with E-state index in [2.05, 4.69) is 33.2 Å². The highest BCUT2D eigenvalue weighted by molar-refractivity contribution is 7.16. The summed E-state index contributed by atoms with van der Waals surface area (Å²) >= 11 is 1.66. The standard InChI is InChI=1S/C12H15N3OS/c1-2-10-13-11(15-5-8(6-15)7-16)9-3-4-17-12(9)14-10/h3-4,8,16H,2,5-7H2,1H3. The summed E-state index contributed by atoms with van der Waals surface area (Å²) in [4.78, 5) is 12.4. The summed E-state index contributed by atoms with van der Waals surface area (Å²) < 4.78 is 0. The Balaban J connectivity index is 1.99. The van der Waals surface area contributed by atoms with Crippen LogP contribution in [0, 0.1) is 5.92 Å². The molecule has 1 aliphatic heterocycles. The van der Waals surface area contributed by atoms with Gasteiger partial charge in [-0.2, -0.15) is 0 Å². The molecule has 0 aliphatic carbocycles. The van der Waals surface area contributed by atoms with E-state index in [0.717, 1.165) is 41.4 Å². The average Bonchev–Trinajstić information content (AvgIpc) is 2.75. The fourth-order valence-corrected chi connectivity index (χ4v) is 2.92. The van der Waals surface area contributed by atoms with Crippen LogP contribution in [0.3, 0.4) is 0 Å². The Hall–Kier alpha value is -1.20. The van der Waals surface area contributed by atoms with Gasteiger partial charge in [-0.25, -0.2) is 9.97 Å². The van der Waals surface area contributed by atoms with Crippen molar-refractivity contribution in [1.82, 2.24) is 9.97 Å².